The third kappa shape index (κ3) is 5.48. The normalized spacial score (nSPS) is 13.5. The van der Waals surface area contributed by atoms with Gasteiger partial charge in [0.1, 0.15) is 5.75 Å². The van der Waals surface area contributed by atoms with Gasteiger partial charge in [0, 0.05) is 7.05 Å². The molecule has 6 nitrogen and oxygen atoms in total. The minimum atomic E-state index is -3.32. The predicted molar refractivity (Wildman–Crippen MR) is 112 cm³/mol. The molecular weight excluding hydrogens is 376 g/mol. The Hall–Kier alpha value is -2.54. The first kappa shape index (κ1) is 21.8. The molecule has 0 bridgehead atoms. The number of hydrogen-bond acceptors (Lipinski definition) is 4. The van der Waals surface area contributed by atoms with Crippen molar-refractivity contribution < 1.29 is 17.9 Å². The number of carbonyl (C=O) groups excluding carboxylic acids is 1. The molecule has 152 valence electrons. The molecule has 0 aliphatic rings. The lowest BCUT2D eigenvalue weighted by molar-refractivity contribution is -0.127. The van der Waals surface area contributed by atoms with Gasteiger partial charge in [-0.1, -0.05) is 23.8 Å². The van der Waals surface area contributed by atoms with Crippen LogP contribution in [-0.4, -0.2) is 33.7 Å². The minimum Gasteiger partial charge on any atom is -0.481 e. The van der Waals surface area contributed by atoms with Crippen LogP contribution >= 0.6 is 0 Å². The summed E-state index contributed by atoms with van der Waals surface area (Å²) in [5.74, 6) is 0.275. The van der Waals surface area contributed by atoms with Crippen molar-refractivity contribution in [2.24, 2.45) is 0 Å². The Morgan fingerprint density at radius 2 is 1.68 bits per heavy atom. The fourth-order valence-corrected chi connectivity index (χ4v) is 3.41. The van der Waals surface area contributed by atoms with Crippen LogP contribution in [0.4, 0.5) is 5.69 Å². The molecule has 2 atom stereocenters. The van der Waals surface area contributed by atoms with Gasteiger partial charge >= 0.3 is 0 Å². The van der Waals surface area contributed by atoms with Crippen molar-refractivity contribution in [2.45, 2.75) is 39.8 Å². The zero-order valence-corrected chi connectivity index (χ0v) is 18.0. The van der Waals surface area contributed by atoms with Crippen molar-refractivity contribution in [1.29, 1.82) is 0 Å². The Bertz CT molecular complexity index is 939. The largest absolute Gasteiger partial charge is 0.481 e. The van der Waals surface area contributed by atoms with Crippen LogP contribution in [0.5, 0.6) is 5.75 Å². The molecule has 2 rings (SSSR count). The zero-order valence-electron chi connectivity index (χ0n) is 17.2. The van der Waals surface area contributed by atoms with Crippen LogP contribution in [0.3, 0.4) is 0 Å². The molecule has 0 spiro atoms. The van der Waals surface area contributed by atoms with Crippen LogP contribution in [0.25, 0.3) is 0 Å². The van der Waals surface area contributed by atoms with E-state index in [1.54, 1.807) is 31.2 Å². The van der Waals surface area contributed by atoms with Gasteiger partial charge in [-0.25, -0.2) is 8.42 Å². The van der Waals surface area contributed by atoms with Crippen LogP contribution < -0.4 is 14.4 Å². The second-order valence-corrected chi connectivity index (χ2v) is 9.09. The molecule has 0 heterocycles. The van der Waals surface area contributed by atoms with Crippen molar-refractivity contribution in [3.63, 3.8) is 0 Å². The van der Waals surface area contributed by atoms with Gasteiger partial charge in [-0.05, 0) is 63.1 Å². The van der Waals surface area contributed by atoms with E-state index < -0.39 is 16.1 Å². The standard InChI is InChI=1S/C21H28N2O4S/c1-14-7-12-20(15(2)13-14)16(3)22-21(24)17(4)27-19-10-8-18(9-11-19)23(5)28(6,25)26/h7-13,16-17H,1-6H3,(H,22,24). The monoisotopic (exact) mass is 404 g/mol. The molecule has 0 aliphatic heterocycles. The molecule has 0 saturated carbocycles. The Balaban J connectivity index is 2.00. The first-order chi connectivity index (χ1) is 13.0. The Morgan fingerprint density at radius 3 is 2.21 bits per heavy atom. The fourth-order valence-electron chi connectivity index (χ4n) is 2.90. The highest BCUT2D eigenvalue weighted by Gasteiger charge is 2.19. The van der Waals surface area contributed by atoms with Gasteiger partial charge in [-0.15, -0.1) is 0 Å². The smallest absolute Gasteiger partial charge is 0.261 e. The number of ether oxygens (including phenoxy) is 1. The molecule has 2 aromatic carbocycles. The number of amides is 1. The van der Waals surface area contributed by atoms with Gasteiger partial charge in [-0.3, -0.25) is 9.10 Å². The molecule has 1 amide bonds. The Morgan fingerprint density at radius 1 is 1.07 bits per heavy atom. The number of rotatable bonds is 7. The molecule has 2 aromatic rings. The summed E-state index contributed by atoms with van der Waals surface area (Å²) < 4.78 is 30.1. The van der Waals surface area contributed by atoms with Crippen LogP contribution in [0.15, 0.2) is 42.5 Å². The number of nitrogens with one attached hydrogen (secondary N) is 1. The van der Waals surface area contributed by atoms with Gasteiger partial charge in [0.05, 0.1) is 18.0 Å². The number of benzene rings is 2. The zero-order chi connectivity index (χ0) is 21.1. The summed E-state index contributed by atoms with van der Waals surface area (Å²) in [6, 6.07) is 12.6. The van der Waals surface area contributed by atoms with Crippen molar-refractivity contribution in [2.75, 3.05) is 17.6 Å². The van der Waals surface area contributed by atoms with Gasteiger partial charge in [0.15, 0.2) is 6.10 Å². The number of aryl methyl sites for hydroxylation is 2. The molecule has 28 heavy (non-hydrogen) atoms. The summed E-state index contributed by atoms with van der Waals surface area (Å²) in [5, 5.41) is 2.97. The Labute approximate surface area is 167 Å². The van der Waals surface area contributed by atoms with E-state index in [4.69, 9.17) is 4.74 Å². The van der Waals surface area contributed by atoms with E-state index in [2.05, 4.69) is 11.4 Å². The molecule has 0 fully saturated rings. The number of hydrogen-bond donors (Lipinski definition) is 1. The molecular formula is C21H28N2O4S. The summed E-state index contributed by atoms with van der Waals surface area (Å²) >= 11 is 0. The van der Waals surface area contributed by atoms with E-state index in [0.29, 0.717) is 11.4 Å². The number of anilines is 1. The summed E-state index contributed by atoms with van der Waals surface area (Å²) in [7, 11) is -1.84. The van der Waals surface area contributed by atoms with E-state index in [-0.39, 0.29) is 11.9 Å². The number of carbonyl (C=O) groups is 1. The van der Waals surface area contributed by atoms with Crippen molar-refractivity contribution in [1.82, 2.24) is 5.32 Å². The van der Waals surface area contributed by atoms with Crippen molar-refractivity contribution in [3.8, 4) is 5.75 Å². The first-order valence-electron chi connectivity index (χ1n) is 9.07. The van der Waals surface area contributed by atoms with E-state index in [1.807, 2.05) is 32.9 Å². The Kier molecular flexibility index (Phi) is 6.72. The first-order valence-corrected chi connectivity index (χ1v) is 10.9. The van der Waals surface area contributed by atoms with Crippen LogP contribution in [0.2, 0.25) is 0 Å². The quantitative estimate of drug-likeness (QED) is 0.768. The maximum Gasteiger partial charge on any atom is 0.261 e. The van der Waals surface area contributed by atoms with Crippen LogP contribution in [0.1, 0.15) is 36.6 Å². The topological polar surface area (TPSA) is 75.7 Å². The van der Waals surface area contributed by atoms with Crippen molar-refractivity contribution in [3.05, 3.63) is 59.2 Å². The third-order valence-electron chi connectivity index (χ3n) is 4.63. The van der Waals surface area contributed by atoms with Crippen LogP contribution in [0, 0.1) is 13.8 Å². The van der Waals surface area contributed by atoms with Crippen molar-refractivity contribution >= 4 is 21.6 Å². The average Bonchev–Trinajstić information content (AvgIpc) is 2.60. The highest BCUT2D eigenvalue weighted by molar-refractivity contribution is 7.92. The summed E-state index contributed by atoms with van der Waals surface area (Å²) in [4.78, 5) is 12.5. The fraction of sp³-hybridized carbons (Fsp3) is 0.381. The van der Waals surface area contributed by atoms with E-state index >= 15 is 0 Å². The molecule has 0 radical (unpaired) electrons. The second-order valence-electron chi connectivity index (χ2n) is 7.07. The van der Waals surface area contributed by atoms with Gasteiger partial charge < -0.3 is 10.1 Å². The molecule has 2 unspecified atom stereocenters. The maximum absolute atomic E-state index is 12.5. The molecule has 0 aromatic heterocycles. The second kappa shape index (κ2) is 8.65. The molecule has 1 N–H and O–H groups in total. The summed E-state index contributed by atoms with van der Waals surface area (Å²) in [5.41, 5.74) is 3.91. The van der Waals surface area contributed by atoms with E-state index in [9.17, 15) is 13.2 Å². The van der Waals surface area contributed by atoms with Gasteiger partial charge in [0.2, 0.25) is 10.0 Å². The highest BCUT2D eigenvalue weighted by atomic mass is 32.2. The number of nitrogens with zero attached hydrogens (tertiary/aromatic N) is 1. The maximum atomic E-state index is 12.5. The lowest BCUT2D eigenvalue weighted by Gasteiger charge is -2.21. The molecule has 7 heteroatoms. The summed E-state index contributed by atoms with van der Waals surface area (Å²) in [6.07, 6.45) is 0.451. The third-order valence-corrected chi connectivity index (χ3v) is 5.84. The SMILES string of the molecule is Cc1ccc(C(C)NC(=O)C(C)Oc2ccc(N(C)S(C)(=O)=O)cc2)c(C)c1. The lowest BCUT2D eigenvalue weighted by Crippen LogP contribution is -2.38. The van der Waals surface area contributed by atoms with Crippen LogP contribution in [-0.2, 0) is 14.8 Å². The average molecular weight is 405 g/mol. The minimum absolute atomic E-state index is 0.134. The lowest BCUT2D eigenvalue weighted by atomic mass is 10.0. The van der Waals surface area contributed by atoms with E-state index in [1.165, 1.54) is 16.9 Å². The van der Waals surface area contributed by atoms with Gasteiger partial charge in [0.25, 0.3) is 5.91 Å². The highest BCUT2D eigenvalue weighted by Crippen LogP contribution is 2.22. The predicted octanol–water partition coefficient (Wildman–Crippen LogP) is 3.34. The number of sulfonamides is 1. The van der Waals surface area contributed by atoms with Gasteiger partial charge in [-0.2, -0.15) is 0 Å². The molecule has 0 saturated heterocycles. The summed E-state index contributed by atoms with van der Waals surface area (Å²) in [6.45, 7) is 7.69. The van der Waals surface area contributed by atoms with E-state index in [0.717, 1.165) is 17.4 Å². The molecule has 0 aliphatic carbocycles.